The summed E-state index contributed by atoms with van der Waals surface area (Å²) in [5.74, 6) is 0.572. The van der Waals surface area contributed by atoms with Gasteiger partial charge in [-0.05, 0) is 24.6 Å². The summed E-state index contributed by atoms with van der Waals surface area (Å²) in [5, 5.41) is 19.8. The monoisotopic (exact) mass is 284 g/mol. The number of aliphatic hydroxyl groups excluding tert-OH is 1. The number of aromatic nitrogens is 2. The van der Waals surface area contributed by atoms with Crippen LogP contribution in [0.1, 0.15) is 12.0 Å². The standard InChI is InChI=1S/C15H16N4O2/c1-21-13-6-12(9-20)19(8-13)15-11(7-16)5-10-3-2-4-17-14(10)18-15/h2-5,12-13,20H,6,8-9H2,1H3/t12-,13+/m0/s1. The lowest BCUT2D eigenvalue weighted by Gasteiger charge is -2.24. The number of nitriles is 1. The lowest BCUT2D eigenvalue weighted by Crippen LogP contribution is -2.33. The number of aliphatic hydroxyl groups is 1. The summed E-state index contributed by atoms with van der Waals surface area (Å²) >= 11 is 0. The van der Waals surface area contributed by atoms with Crippen molar-refractivity contribution in [2.75, 3.05) is 25.2 Å². The van der Waals surface area contributed by atoms with E-state index in [1.54, 1.807) is 19.4 Å². The molecule has 2 atom stereocenters. The molecule has 6 heteroatoms. The van der Waals surface area contributed by atoms with Crippen LogP contribution in [0.25, 0.3) is 11.0 Å². The van der Waals surface area contributed by atoms with Crippen LogP contribution >= 0.6 is 0 Å². The molecule has 2 aromatic heterocycles. The summed E-state index contributed by atoms with van der Waals surface area (Å²) in [5.41, 5.74) is 1.09. The van der Waals surface area contributed by atoms with Crippen LogP contribution in [0.4, 0.5) is 5.82 Å². The number of fused-ring (bicyclic) bond motifs is 1. The van der Waals surface area contributed by atoms with Gasteiger partial charge in [0.15, 0.2) is 5.65 Å². The molecular formula is C15H16N4O2. The number of pyridine rings is 2. The first-order valence-electron chi connectivity index (χ1n) is 6.83. The Bertz CT molecular complexity index is 698. The van der Waals surface area contributed by atoms with Gasteiger partial charge in [0.2, 0.25) is 0 Å². The first kappa shape index (κ1) is 13.7. The zero-order valence-corrected chi connectivity index (χ0v) is 11.7. The predicted octanol–water partition coefficient (Wildman–Crippen LogP) is 1.09. The molecule has 0 radical (unpaired) electrons. The Balaban J connectivity index is 2.08. The van der Waals surface area contributed by atoms with Gasteiger partial charge in [-0.1, -0.05) is 0 Å². The fourth-order valence-corrected chi connectivity index (χ4v) is 2.77. The molecule has 3 rings (SSSR count). The molecule has 0 aromatic carbocycles. The highest BCUT2D eigenvalue weighted by Crippen LogP contribution is 2.29. The Hall–Kier alpha value is -2.23. The zero-order valence-electron chi connectivity index (χ0n) is 11.7. The molecule has 0 aliphatic carbocycles. The van der Waals surface area contributed by atoms with E-state index in [4.69, 9.17) is 4.74 Å². The largest absolute Gasteiger partial charge is 0.394 e. The van der Waals surface area contributed by atoms with Gasteiger partial charge in [0.05, 0.1) is 24.3 Å². The molecular weight excluding hydrogens is 268 g/mol. The summed E-state index contributed by atoms with van der Waals surface area (Å²) in [6, 6.07) is 7.59. The van der Waals surface area contributed by atoms with E-state index in [2.05, 4.69) is 16.0 Å². The molecule has 0 bridgehead atoms. The third kappa shape index (κ3) is 2.42. The number of anilines is 1. The maximum atomic E-state index is 9.56. The number of hydrogen-bond donors (Lipinski definition) is 1. The second-order valence-electron chi connectivity index (χ2n) is 5.10. The number of hydrogen-bond acceptors (Lipinski definition) is 6. The lowest BCUT2D eigenvalue weighted by molar-refractivity contribution is 0.115. The highest BCUT2D eigenvalue weighted by Gasteiger charge is 2.34. The summed E-state index contributed by atoms with van der Waals surface area (Å²) in [6.07, 6.45) is 2.44. The number of ether oxygens (including phenoxy) is 1. The van der Waals surface area contributed by atoms with Crippen molar-refractivity contribution in [3.8, 4) is 6.07 Å². The van der Waals surface area contributed by atoms with E-state index in [0.29, 0.717) is 23.6 Å². The third-order valence-corrected chi connectivity index (χ3v) is 3.88. The van der Waals surface area contributed by atoms with Gasteiger partial charge in [-0.15, -0.1) is 0 Å². The maximum absolute atomic E-state index is 9.56. The minimum absolute atomic E-state index is 0.00661. The van der Waals surface area contributed by atoms with Gasteiger partial charge < -0.3 is 14.7 Å². The van der Waals surface area contributed by atoms with Crippen LogP contribution in [-0.2, 0) is 4.74 Å². The van der Waals surface area contributed by atoms with Crippen molar-refractivity contribution in [1.29, 1.82) is 5.26 Å². The number of methoxy groups -OCH3 is 1. The van der Waals surface area contributed by atoms with Gasteiger partial charge in [0.1, 0.15) is 11.9 Å². The summed E-state index contributed by atoms with van der Waals surface area (Å²) < 4.78 is 5.38. The molecule has 0 spiro atoms. The van der Waals surface area contributed by atoms with Crippen molar-refractivity contribution in [2.45, 2.75) is 18.6 Å². The number of nitrogens with zero attached hydrogens (tertiary/aromatic N) is 4. The Morgan fingerprint density at radius 3 is 3.14 bits per heavy atom. The number of rotatable bonds is 3. The fraction of sp³-hybridized carbons (Fsp3) is 0.400. The minimum Gasteiger partial charge on any atom is -0.394 e. The van der Waals surface area contributed by atoms with E-state index < -0.39 is 0 Å². The highest BCUT2D eigenvalue weighted by atomic mass is 16.5. The molecule has 1 saturated heterocycles. The van der Waals surface area contributed by atoms with Crippen LogP contribution in [0.5, 0.6) is 0 Å². The molecule has 0 unspecified atom stereocenters. The van der Waals surface area contributed by atoms with Crippen molar-refractivity contribution >= 4 is 16.9 Å². The van der Waals surface area contributed by atoms with Crippen LogP contribution < -0.4 is 4.90 Å². The average molecular weight is 284 g/mol. The predicted molar refractivity (Wildman–Crippen MR) is 77.9 cm³/mol. The molecule has 108 valence electrons. The van der Waals surface area contributed by atoms with Gasteiger partial charge in [0, 0.05) is 25.2 Å². The van der Waals surface area contributed by atoms with Gasteiger partial charge in [0.25, 0.3) is 0 Å². The van der Waals surface area contributed by atoms with Crippen molar-refractivity contribution in [2.24, 2.45) is 0 Å². The summed E-state index contributed by atoms with van der Waals surface area (Å²) in [4.78, 5) is 10.7. The Labute approximate surface area is 122 Å². The molecule has 0 amide bonds. The molecule has 3 heterocycles. The topological polar surface area (TPSA) is 82.3 Å². The second-order valence-corrected chi connectivity index (χ2v) is 5.10. The van der Waals surface area contributed by atoms with Crippen LogP contribution in [-0.4, -0.2) is 47.5 Å². The molecule has 1 aliphatic rings. The molecule has 1 aliphatic heterocycles. The van der Waals surface area contributed by atoms with Gasteiger partial charge in [-0.25, -0.2) is 9.97 Å². The molecule has 1 fully saturated rings. The van der Waals surface area contributed by atoms with Crippen LogP contribution in [0.15, 0.2) is 24.4 Å². The molecule has 6 nitrogen and oxygen atoms in total. The first-order chi connectivity index (χ1) is 10.3. The quantitative estimate of drug-likeness (QED) is 0.908. The molecule has 0 saturated carbocycles. The molecule has 2 aromatic rings. The van der Waals surface area contributed by atoms with Gasteiger partial charge in [-0.2, -0.15) is 5.26 Å². The van der Waals surface area contributed by atoms with Crippen molar-refractivity contribution in [3.63, 3.8) is 0 Å². The third-order valence-electron chi connectivity index (χ3n) is 3.88. The maximum Gasteiger partial charge on any atom is 0.161 e. The van der Waals surface area contributed by atoms with E-state index in [0.717, 1.165) is 11.8 Å². The highest BCUT2D eigenvalue weighted by molar-refractivity contribution is 5.80. The van der Waals surface area contributed by atoms with Crippen molar-refractivity contribution in [3.05, 3.63) is 30.0 Å². The van der Waals surface area contributed by atoms with E-state index in [1.165, 1.54) is 0 Å². The smallest absolute Gasteiger partial charge is 0.161 e. The summed E-state index contributed by atoms with van der Waals surface area (Å²) in [6.45, 7) is 0.619. The summed E-state index contributed by atoms with van der Waals surface area (Å²) in [7, 11) is 1.66. The first-order valence-corrected chi connectivity index (χ1v) is 6.83. The SMILES string of the molecule is CO[C@@H]1C[C@@H](CO)N(c2nc3ncccc3cc2C#N)C1. The Morgan fingerprint density at radius 1 is 1.57 bits per heavy atom. The van der Waals surface area contributed by atoms with E-state index in [9.17, 15) is 10.4 Å². The second kappa shape index (κ2) is 5.64. The Kier molecular flexibility index (Phi) is 3.69. The van der Waals surface area contributed by atoms with Gasteiger partial charge in [-0.3, -0.25) is 0 Å². The van der Waals surface area contributed by atoms with Crippen molar-refractivity contribution < 1.29 is 9.84 Å². The fourth-order valence-electron chi connectivity index (χ4n) is 2.77. The van der Waals surface area contributed by atoms with Gasteiger partial charge >= 0.3 is 0 Å². The molecule has 21 heavy (non-hydrogen) atoms. The van der Waals surface area contributed by atoms with Crippen LogP contribution in [0.2, 0.25) is 0 Å². The zero-order chi connectivity index (χ0) is 14.8. The molecule has 1 N–H and O–H groups in total. The van der Waals surface area contributed by atoms with Crippen LogP contribution in [0.3, 0.4) is 0 Å². The Morgan fingerprint density at radius 2 is 2.43 bits per heavy atom. The van der Waals surface area contributed by atoms with E-state index >= 15 is 0 Å². The normalized spacial score (nSPS) is 21.7. The van der Waals surface area contributed by atoms with E-state index in [-0.39, 0.29) is 18.8 Å². The average Bonchev–Trinajstić information content (AvgIpc) is 2.96. The van der Waals surface area contributed by atoms with Crippen LogP contribution in [0, 0.1) is 11.3 Å². The van der Waals surface area contributed by atoms with E-state index in [1.807, 2.05) is 17.0 Å². The minimum atomic E-state index is -0.0873. The van der Waals surface area contributed by atoms with Crippen molar-refractivity contribution in [1.82, 2.24) is 9.97 Å². The lowest BCUT2D eigenvalue weighted by atomic mass is 10.1.